The van der Waals surface area contributed by atoms with Gasteiger partial charge in [0.1, 0.15) is 0 Å². The maximum absolute atomic E-state index is 8.91. The fraction of sp³-hybridized carbons (Fsp3) is 1.00. The molecule has 1 nitrogen and oxygen atoms in total. The second-order valence-corrected chi connectivity index (χ2v) is 5.77. The van der Waals surface area contributed by atoms with Gasteiger partial charge in [-0.25, -0.2) is 0 Å². The van der Waals surface area contributed by atoms with Crippen molar-refractivity contribution in [1.82, 2.24) is 0 Å². The molecule has 0 aliphatic heterocycles. The van der Waals surface area contributed by atoms with Crippen molar-refractivity contribution in [2.75, 3.05) is 6.61 Å². The van der Waals surface area contributed by atoms with Crippen LogP contribution in [0, 0.1) is 5.92 Å². The van der Waals surface area contributed by atoms with Gasteiger partial charge in [-0.05, 0) is 18.8 Å². The predicted octanol–water partition coefficient (Wildman–Crippen LogP) is 2.68. The number of rotatable bonds is 3. The molecule has 1 N–H and O–H groups in total. The quantitative estimate of drug-likeness (QED) is 0.735. The van der Waals surface area contributed by atoms with Crippen LogP contribution in [0.15, 0.2) is 0 Å². The summed E-state index contributed by atoms with van der Waals surface area (Å²) in [5, 5.41) is 10.2. The van der Waals surface area contributed by atoms with Crippen LogP contribution in [0.4, 0.5) is 0 Å². The zero-order chi connectivity index (χ0) is 8.97. The van der Waals surface area contributed by atoms with Gasteiger partial charge in [-0.15, -0.1) is 0 Å². The van der Waals surface area contributed by atoms with Gasteiger partial charge in [-0.2, -0.15) is 11.8 Å². The van der Waals surface area contributed by atoms with Gasteiger partial charge in [0.2, 0.25) is 0 Å². The average molecular weight is 188 g/mol. The SMILES string of the molecule is CC1CCCC(SC(C)CO)C1. The van der Waals surface area contributed by atoms with Gasteiger partial charge in [0, 0.05) is 10.5 Å². The summed E-state index contributed by atoms with van der Waals surface area (Å²) in [6.07, 6.45) is 5.51. The molecule has 0 amide bonds. The van der Waals surface area contributed by atoms with Gasteiger partial charge in [0.15, 0.2) is 0 Å². The van der Waals surface area contributed by atoms with Crippen molar-refractivity contribution in [2.45, 2.75) is 50.0 Å². The van der Waals surface area contributed by atoms with Gasteiger partial charge in [0.25, 0.3) is 0 Å². The molecule has 0 radical (unpaired) electrons. The molecular formula is C10H20OS. The summed E-state index contributed by atoms with van der Waals surface area (Å²) < 4.78 is 0. The number of thioether (sulfide) groups is 1. The van der Waals surface area contributed by atoms with Crippen molar-refractivity contribution in [1.29, 1.82) is 0 Å². The topological polar surface area (TPSA) is 20.2 Å². The summed E-state index contributed by atoms with van der Waals surface area (Å²) in [7, 11) is 0. The molecule has 0 bridgehead atoms. The van der Waals surface area contributed by atoms with Crippen molar-refractivity contribution in [3.05, 3.63) is 0 Å². The summed E-state index contributed by atoms with van der Waals surface area (Å²) in [5.74, 6) is 0.905. The molecule has 1 aliphatic carbocycles. The third-order valence-corrected chi connectivity index (χ3v) is 4.00. The largest absolute Gasteiger partial charge is 0.395 e. The number of hydrogen-bond acceptors (Lipinski definition) is 2. The lowest BCUT2D eigenvalue weighted by Crippen LogP contribution is -2.18. The Morgan fingerprint density at radius 1 is 1.50 bits per heavy atom. The van der Waals surface area contributed by atoms with E-state index in [2.05, 4.69) is 13.8 Å². The molecule has 2 heteroatoms. The van der Waals surface area contributed by atoms with E-state index in [1.807, 2.05) is 11.8 Å². The highest BCUT2D eigenvalue weighted by atomic mass is 32.2. The van der Waals surface area contributed by atoms with Crippen LogP contribution in [-0.4, -0.2) is 22.2 Å². The summed E-state index contributed by atoms with van der Waals surface area (Å²) in [6.45, 7) is 4.79. The van der Waals surface area contributed by atoms with E-state index in [4.69, 9.17) is 5.11 Å². The van der Waals surface area contributed by atoms with Crippen LogP contribution in [0.1, 0.15) is 39.5 Å². The molecule has 12 heavy (non-hydrogen) atoms. The third-order valence-electron chi connectivity index (χ3n) is 2.57. The van der Waals surface area contributed by atoms with Gasteiger partial charge >= 0.3 is 0 Å². The zero-order valence-electron chi connectivity index (χ0n) is 8.12. The molecule has 3 unspecified atom stereocenters. The molecule has 72 valence electrons. The van der Waals surface area contributed by atoms with E-state index in [-0.39, 0.29) is 0 Å². The van der Waals surface area contributed by atoms with Crippen molar-refractivity contribution in [2.24, 2.45) is 5.92 Å². The van der Waals surface area contributed by atoms with Crippen LogP contribution in [0.3, 0.4) is 0 Å². The minimum Gasteiger partial charge on any atom is -0.395 e. The van der Waals surface area contributed by atoms with Crippen LogP contribution in [0.25, 0.3) is 0 Å². The van der Waals surface area contributed by atoms with Crippen molar-refractivity contribution in [3.63, 3.8) is 0 Å². The number of aliphatic hydroxyl groups is 1. The molecule has 1 rings (SSSR count). The molecule has 0 spiro atoms. The highest BCUT2D eigenvalue weighted by Gasteiger charge is 2.20. The molecule has 0 aromatic heterocycles. The monoisotopic (exact) mass is 188 g/mol. The minimum absolute atomic E-state index is 0.329. The van der Waals surface area contributed by atoms with Crippen molar-refractivity contribution >= 4 is 11.8 Å². The Balaban J connectivity index is 2.22. The lowest BCUT2D eigenvalue weighted by Gasteiger charge is -2.27. The Morgan fingerprint density at radius 2 is 2.25 bits per heavy atom. The summed E-state index contributed by atoms with van der Waals surface area (Å²) >= 11 is 1.97. The Labute approximate surface area is 79.9 Å². The Hall–Kier alpha value is 0.310. The smallest absolute Gasteiger partial charge is 0.0547 e. The van der Waals surface area contributed by atoms with E-state index >= 15 is 0 Å². The van der Waals surface area contributed by atoms with Crippen molar-refractivity contribution < 1.29 is 5.11 Å². The normalized spacial score (nSPS) is 33.2. The highest BCUT2D eigenvalue weighted by molar-refractivity contribution is 8.00. The first kappa shape index (κ1) is 10.4. The minimum atomic E-state index is 0.329. The molecule has 1 saturated carbocycles. The summed E-state index contributed by atoms with van der Waals surface area (Å²) in [4.78, 5) is 0. The molecule has 1 fully saturated rings. The van der Waals surface area contributed by atoms with Gasteiger partial charge < -0.3 is 5.11 Å². The van der Waals surface area contributed by atoms with Crippen LogP contribution in [0.2, 0.25) is 0 Å². The fourth-order valence-corrected chi connectivity index (χ4v) is 3.36. The first-order valence-electron chi connectivity index (χ1n) is 4.98. The molecular weight excluding hydrogens is 168 g/mol. The molecule has 1 aliphatic rings. The summed E-state index contributed by atoms with van der Waals surface area (Å²) in [6, 6.07) is 0. The van der Waals surface area contributed by atoms with Gasteiger partial charge in [0.05, 0.1) is 6.61 Å². The van der Waals surface area contributed by atoms with Crippen molar-refractivity contribution in [3.8, 4) is 0 Å². The number of hydrogen-bond donors (Lipinski definition) is 1. The van der Waals surface area contributed by atoms with Crippen LogP contribution >= 0.6 is 11.8 Å². The van der Waals surface area contributed by atoms with Crippen LogP contribution in [-0.2, 0) is 0 Å². The lowest BCUT2D eigenvalue weighted by atomic mass is 9.91. The Bertz CT molecular complexity index is 127. The molecule has 3 atom stereocenters. The number of aliphatic hydroxyl groups excluding tert-OH is 1. The van der Waals surface area contributed by atoms with Crippen LogP contribution < -0.4 is 0 Å². The second kappa shape index (κ2) is 5.13. The van der Waals surface area contributed by atoms with E-state index in [9.17, 15) is 0 Å². The van der Waals surface area contributed by atoms with E-state index in [0.29, 0.717) is 11.9 Å². The molecule has 0 saturated heterocycles. The molecule has 0 heterocycles. The Kier molecular flexibility index (Phi) is 4.44. The van der Waals surface area contributed by atoms with Gasteiger partial charge in [-0.1, -0.05) is 26.7 Å². The lowest BCUT2D eigenvalue weighted by molar-refractivity contribution is 0.299. The second-order valence-electron chi connectivity index (χ2n) is 4.02. The maximum atomic E-state index is 8.91. The molecule has 0 aromatic rings. The highest BCUT2D eigenvalue weighted by Crippen LogP contribution is 2.33. The first-order valence-corrected chi connectivity index (χ1v) is 5.93. The molecule has 0 aromatic carbocycles. The maximum Gasteiger partial charge on any atom is 0.0547 e. The standard InChI is InChI=1S/C10H20OS/c1-8-4-3-5-10(6-8)12-9(2)7-11/h8-11H,3-7H2,1-2H3. The first-order chi connectivity index (χ1) is 5.72. The third kappa shape index (κ3) is 3.36. The Morgan fingerprint density at radius 3 is 2.83 bits per heavy atom. The predicted molar refractivity (Wildman–Crippen MR) is 55.6 cm³/mol. The average Bonchev–Trinajstić information content (AvgIpc) is 2.04. The summed E-state index contributed by atoms with van der Waals surface area (Å²) in [5.41, 5.74) is 0. The fourth-order valence-electron chi connectivity index (χ4n) is 1.87. The van der Waals surface area contributed by atoms with Gasteiger partial charge in [-0.3, -0.25) is 0 Å². The zero-order valence-corrected chi connectivity index (χ0v) is 8.94. The van der Waals surface area contributed by atoms with E-state index in [0.717, 1.165) is 11.2 Å². The van der Waals surface area contributed by atoms with E-state index < -0.39 is 0 Å². The van der Waals surface area contributed by atoms with E-state index in [1.54, 1.807) is 0 Å². The van der Waals surface area contributed by atoms with E-state index in [1.165, 1.54) is 25.7 Å². The van der Waals surface area contributed by atoms with Crippen LogP contribution in [0.5, 0.6) is 0 Å².